The normalized spacial score (nSPS) is 22.8. The molecule has 1 fully saturated rings. The summed E-state index contributed by atoms with van der Waals surface area (Å²) in [5, 5.41) is 0. The zero-order chi connectivity index (χ0) is 12.8. The van der Waals surface area contributed by atoms with Crippen molar-refractivity contribution in [2.24, 2.45) is 17.8 Å². The first-order valence-corrected chi connectivity index (χ1v) is 8.61. The fourth-order valence-corrected chi connectivity index (χ4v) is 4.28. The first-order chi connectivity index (χ1) is 8.00. The Hall–Kier alpha value is 0.170. The van der Waals surface area contributed by atoms with E-state index in [0.29, 0.717) is 11.8 Å². The zero-order valence-corrected chi connectivity index (χ0v) is 12.9. The van der Waals surface area contributed by atoms with Crippen LogP contribution in [0, 0.1) is 17.8 Å². The number of rotatable bonds is 5. The van der Waals surface area contributed by atoms with Crippen molar-refractivity contribution >= 4 is 29.5 Å². The van der Waals surface area contributed by atoms with Gasteiger partial charge in [-0.15, -0.1) is 11.8 Å². The minimum absolute atomic E-state index is 0.00806. The number of hydrogen-bond acceptors (Lipinski definition) is 4. The van der Waals surface area contributed by atoms with Crippen LogP contribution in [0.25, 0.3) is 0 Å². The molecule has 4 heteroatoms. The smallest absolute Gasteiger partial charge is 0.310 e. The van der Waals surface area contributed by atoms with Crippen molar-refractivity contribution in [2.75, 3.05) is 17.3 Å². The molecule has 0 N–H and O–H groups in total. The molecule has 17 heavy (non-hydrogen) atoms. The quantitative estimate of drug-likeness (QED) is 0.716. The van der Waals surface area contributed by atoms with Crippen LogP contribution >= 0.6 is 23.5 Å². The van der Waals surface area contributed by atoms with E-state index in [1.807, 2.05) is 11.8 Å². The molecule has 1 rings (SSSR count). The second-order valence-corrected chi connectivity index (χ2v) is 7.71. The van der Waals surface area contributed by atoms with Gasteiger partial charge in [-0.2, -0.15) is 11.8 Å². The third-order valence-corrected chi connectivity index (χ3v) is 5.44. The van der Waals surface area contributed by atoms with Crippen LogP contribution in [-0.4, -0.2) is 28.7 Å². The van der Waals surface area contributed by atoms with Crippen molar-refractivity contribution in [3.05, 3.63) is 0 Å². The van der Waals surface area contributed by atoms with Crippen molar-refractivity contribution in [3.8, 4) is 0 Å². The summed E-state index contributed by atoms with van der Waals surface area (Å²) in [4.78, 5) is 12.1. The van der Waals surface area contributed by atoms with Gasteiger partial charge in [0.05, 0.1) is 5.92 Å². The Morgan fingerprint density at radius 2 is 2.00 bits per heavy atom. The van der Waals surface area contributed by atoms with E-state index in [4.69, 9.17) is 4.74 Å². The largest absolute Gasteiger partial charge is 0.450 e. The molecule has 0 aromatic rings. The summed E-state index contributed by atoms with van der Waals surface area (Å²) in [6.45, 7) is 8.54. The molecule has 1 heterocycles. The lowest BCUT2D eigenvalue weighted by molar-refractivity contribution is -0.151. The Balaban J connectivity index is 2.46. The van der Waals surface area contributed by atoms with Crippen molar-refractivity contribution in [3.63, 3.8) is 0 Å². The molecule has 0 bridgehead atoms. The van der Waals surface area contributed by atoms with Crippen LogP contribution in [0.15, 0.2) is 0 Å². The van der Waals surface area contributed by atoms with E-state index in [1.54, 1.807) is 11.8 Å². The Labute approximate surface area is 114 Å². The Morgan fingerprint density at radius 1 is 1.29 bits per heavy atom. The van der Waals surface area contributed by atoms with Gasteiger partial charge in [0.1, 0.15) is 0 Å². The molecule has 0 amide bonds. The van der Waals surface area contributed by atoms with E-state index >= 15 is 0 Å². The number of carbonyl (C=O) groups excluding carboxylic acids is 1. The van der Waals surface area contributed by atoms with E-state index in [9.17, 15) is 4.79 Å². The molecule has 2 unspecified atom stereocenters. The first kappa shape index (κ1) is 15.2. The highest BCUT2D eigenvalue weighted by Crippen LogP contribution is 2.28. The van der Waals surface area contributed by atoms with Gasteiger partial charge >= 0.3 is 5.97 Å². The van der Waals surface area contributed by atoms with Crippen LogP contribution in [0.1, 0.15) is 34.1 Å². The molecule has 100 valence electrons. The maximum absolute atomic E-state index is 12.1. The number of thioether (sulfide) groups is 2. The molecule has 0 aromatic carbocycles. The summed E-state index contributed by atoms with van der Waals surface area (Å²) in [5.74, 6) is 4.20. The number of hydrogen-bond donors (Lipinski definition) is 0. The highest BCUT2D eigenvalue weighted by atomic mass is 32.2. The molecule has 0 spiro atoms. The average Bonchev–Trinajstić information content (AvgIpc) is 2.26. The Bertz CT molecular complexity index is 236. The average molecular weight is 276 g/mol. The molecule has 0 aliphatic carbocycles. The Kier molecular flexibility index (Phi) is 6.78. The molecule has 2 nitrogen and oxygen atoms in total. The van der Waals surface area contributed by atoms with Crippen molar-refractivity contribution in [1.29, 1.82) is 0 Å². The second kappa shape index (κ2) is 7.57. The monoisotopic (exact) mass is 276 g/mol. The van der Waals surface area contributed by atoms with E-state index in [0.717, 1.165) is 17.9 Å². The van der Waals surface area contributed by atoms with Gasteiger partial charge in [0.15, 0.2) is 5.44 Å². The van der Waals surface area contributed by atoms with Crippen LogP contribution in [-0.2, 0) is 9.53 Å². The second-order valence-electron chi connectivity index (χ2n) is 5.29. The van der Waals surface area contributed by atoms with Gasteiger partial charge in [-0.3, -0.25) is 4.79 Å². The fourth-order valence-electron chi connectivity index (χ4n) is 1.90. The van der Waals surface area contributed by atoms with E-state index in [1.165, 1.54) is 5.75 Å². The summed E-state index contributed by atoms with van der Waals surface area (Å²) in [7, 11) is 0. The predicted octanol–water partition coefficient (Wildman–Crippen LogP) is 3.65. The molecule has 1 saturated heterocycles. The summed E-state index contributed by atoms with van der Waals surface area (Å²) in [5.41, 5.74) is 0.0784. The molecule has 1 aliphatic rings. The lowest BCUT2D eigenvalue weighted by Crippen LogP contribution is -2.29. The SMILES string of the molecule is CC(C)CC(C(=O)OC1CSCCS1)C(C)C. The van der Waals surface area contributed by atoms with Gasteiger partial charge in [-0.05, 0) is 18.3 Å². The molecule has 0 aromatic heterocycles. The minimum atomic E-state index is 0.00806. The van der Waals surface area contributed by atoms with Crippen molar-refractivity contribution in [2.45, 2.75) is 39.6 Å². The summed E-state index contributed by atoms with van der Waals surface area (Å²) in [6, 6.07) is 0. The molecule has 0 radical (unpaired) electrons. The summed E-state index contributed by atoms with van der Waals surface area (Å²) < 4.78 is 5.62. The van der Waals surface area contributed by atoms with Crippen LogP contribution in [0.5, 0.6) is 0 Å². The molecular weight excluding hydrogens is 252 g/mol. The lowest BCUT2D eigenvalue weighted by Gasteiger charge is -2.26. The van der Waals surface area contributed by atoms with Crippen LogP contribution in [0.3, 0.4) is 0 Å². The summed E-state index contributed by atoms with van der Waals surface area (Å²) >= 11 is 3.66. The third-order valence-electron chi connectivity index (χ3n) is 2.87. The molecule has 1 aliphatic heterocycles. The van der Waals surface area contributed by atoms with E-state index in [2.05, 4.69) is 27.7 Å². The van der Waals surface area contributed by atoms with Crippen LogP contribution < -0.4 is 0 Å². The lowest BCUT2D eigenvalue weighted by atomic mass is 9.88. The number of ether oxygens (including phenoxy) is 1. The summed E-state index contributed by atoms with van der Waals surface area (Å²) in [6.07, 6.45) is 0.932. The molecule has 2 atom stereocenters. The first-order valence-electron chi connectivity index (χ1n) is 6.40. The van der Waals surface area contributed by atoms with Gasteiger partial charge in [0, 0.05) is 17.3 Å². The van der Waals surface area contributed by atoms with E-state index < -0.39 is 0 Å². The third kappa shape index (κ3) is 5.56. The number of carbonyl (C=O) groups is 1. The topological polar surface area (TPSA) is 26.3 Å². The van der Waals surface area contributed by atoms with Gasteiger partial charge in [0.2, 0.25) is 0 Å². The predicted molar refractivity (Wildman–Crippen MR) is 77.4 cm³/mol. The van der Waals surface area contributed by atoms with Crippen LogP contribution in [0.2, 0.25) is 0 Å². The van der Waals surface area contributed by atoms with Crippen LogP contribution in [0.4, 0.5) is 0 Å². The van der Waals surface area contributed by atoms with Gasteiger partial charge in [0.25, 0.3) is 0 Å². The van der Waals surface area contributed by atoms with Gasteiger partial charge in [-0.25, -0.2) is 0 Å². The van der Waals surface area contributed by atoms with Crippen molar-refractivity contribution < 1.29 is 9.53 Å². The maximum atomic E-state index is 12.1. The molecular formula is C13H24O2S2. The van der Waals surface area contributed by atoms with Gasteiger partial charge in [-0.1, -0.05) is 27.7 Å². The van der Waals surface area contributed by atoms with E-state index in [-0.39, 0.29) is 17.3 Å². The van der Waals surface area contributed by atoms with Gasteiger partial charge < -0.3 is 4.74 Å². The fraction of sp³-hybridized carbons (Fsp3) is 0.923. The standard InChI is InChI=1S/C13H24O2S2/c1-9(2)7-11(10(3)4)13(14)15-12-8-16-5-6-17-12/h9-12H,5-8H2,1-4H3. The molecule has 0 saturated carbocycles. The highest BCUT2D eigenvalue weighted by molar-refractivity contribution is 8.06. The minimum Gasteiger partial charge on any atom is -0.450 e. The maximum Gasteiger partial charge on any atom is 0.310 e. The van der Waals surface area contributed by atoms with Crippen molar-refractivity contribution in [1.82, 2.24) is 0 Å². The number of esters is 1. The Morgan fingerprint density at radius 3 is 2.47 bits per heavy atom. The highest BCUT2D eigenvalue weighted by Gasteiger charge is 2.28. The zero-order valence-electron chi connectivity index (χ0n) is 11.3.